The van der Waals surface area contributed by atoms with E-state index in [1.165, 1.54) is 6.34 Å². The fraction of sp³-hybridized carbons (Fsp3) is 0.500. The number of nitrogens with zero attached hydrogens (tertiary/aromatic N) is 3. The molecule has 72 valence electrons. The first kappa shape index (κ1) is 9.73. The Morgan fingerprint density at radius 2 is 2.46 bits per heavy atom. The van der Waals surface area contributed by atoms with Crippen molar-refractivity contribution in [3.63, 3.8) is 0 Å². The minimum absolute atomic E-state index is 0.446. The lowest BCUT2D eigenvalue weighted by atomic mass is 10.3. The van der Waals surface area contributed by atoms with Crippen LogP contribution in [0.1, 0.15) is 24.5 Å². The van der Waals surface area contributed by atoms with Crippen molar-refractivity contribution in [2.24, 2.45) is 16.5 Å². The monoisotopic (exact) mass is 181 g/mol. The van der Waals surface area contributed by atoms with Crippen LogP contribution in [0, 0.1) is 6.92 Å². The van der Waals surface area contributed by atoms with Gasteiger partial charge in [0, 0.05) is 12.2 Å². The van der Waals surface area contributed by atoms with Crippen LogP contribution in [-0.4, -0.2) is 15.9 Å². The molecule has 0 fully saturated rings. The molecule has 1 heterocycles. The Hall–Kier alpha value is -1.36. The molecule has 0 aliphatic rings. The van der Waals surface area contributed by atoms with Crippen molar-refractivity contribution in [3.8, 4) is 0 Å². The van der Waals surface area contributed by atoms with E-state index >= 15 is 0 Å². The molecule has 5 nitrogen and oxygen atoms in total. The number of rotatable bonds is 3. The van der Waals surface area contributed by atoms with Crippen LogP contribution in [0.4, 0.5) is 0 Å². The number of hydrogen-bond acceptors (Lipinski definition) is 3. The molecule has 13 heavy (non-hydrogen) atoms. The van der Waals surface area contributed by atoms with Gasteiger partial charge >= 0.3 is 0 Å². The topological polar surface area (TPSA) is 82.2 Å². The third kappa shape index (κ3) is 1.86. The molecule has 0 saturated carbocycles. The predicted octanol–water partition coefficient (Wildman–Crippen LogP) is 0.156. The van der Waals surface area contributed by atoms with Crippen molar-refractivity contribution in [3.05, 3.63) is 17.7 Å². The molecule has 0 saturated heterocycles. The zero-order chi connectivity index (χ0) is 9.84. The zero-order valence-corrected chi connectivity index (χ0v) is 7.94. The van der Waals surface area contributed by atoms with E-state index in [9.17, 15) is 0 Å². The van der Waals surface area contributed by atoms with Crippen molar-refractivity contribution in [1.82, 2.24) is 9.55 Å². The van der Waals surface area contributed by atoms with E-state index in [2.05, 4.69) is 16.9 Å². The maximum atomic E-state index is 5.72. The van der Waals surface area contributed by atoms with Crippen molar-refractivity contribution >= 4 is 6.34 Å². The summed E-state index contributed by atoms with van der Waals surface area (Å²) in [6, 6.07) is 0. The van der Waals surface area contributed by atoms with Gasteiger partial charge in [0.15, 0.2) is 0 Å². The van der Waals surface area contributed by atoms with Crippen molar-refractivity contribution in [2.45, 2.75) is 26.6 Å². The van der Waals surface area contributed by atoms with Crippen molar-refractivity contribution < 1.29 is 0 Å². The molecule has 1 aromatic heterocycles. The van der Waals surface area contributed by atoms with E-state index in [0.717, 1.165) is 17.9 Å². The Kier molecular flexibility index (Phi) is 3.02. The minimum atomic E-state index is -0.446. The van der Waals surface area contributed by atoms with E-state index in [1.807, 2.05) is 11.5 Å². The first-order chi connectivity index (χ1) is 6.20. The summed E-state index contributed by atoms with van der Waals surface area (Å²) in [6.07, 6.45) is 2.52. The van der Waals surface area contributed by atoms with Gasteiger partial charge in [0.05, 0.1) is 12.7 Å². The zero-order valence-electron chi connectivity index (χ0n) is 7.94. The standard InChI is InChI=1S/C8H15N5/c1-3-13-5-12-7(6(13)2)8(10)11-4-9/h4-5,8H,3,10H2,1-2H3,(H2,9,11). The smallest absolute Gasteiger partial charge is 0.143 e. The maximum absolute atomic E-state index is 5.72. The van der Waals surface area contributed by atoms with Gasteiger partial charge in [-0.05, 0) is 13.8 Å². The van der Waals surface area contributed by atoms with Gasteiger partial charge in [-0.25, -0.2) is 4.98 Å². The van der Waals surface area contributed by atoms with Crippen LogP contribution in [0.2, 0.25) is 0 Å². The highest BCUT2D eigenvalue weighted by molar-refractivity contribution is 5.51. The molecule has 0 aromatic carbocycles. The second-order valence-electron chi connectivity index (χ2n) is 2.74. The molecular formula is C8H15N5. The second kappa shape index (κ2) is 4.04. The molecule has 0 bridgehead atoms. The SMILES string of the molecule is CCn1cnc(C(N)N=CN)c1C. The first-order valence-electron chi connectivity index (χ1n) is 4.21. The van der Waals surface area contributed by atoms with Gasteiger partial charge in [0.2, 0.25) is 0 Å². The van der Waals surface area contributed by atoms with Crippen LogP contribution in [0.5, 0.6) is 0 Å². The molecule has 5 heteroatoms. The Labute approximate surface area is 77.5 Å². The van der Waals surface area contributed by atoms with Crippen LogP contribution in [-0.2, 0) is 6.54 Å². The number of nitrogens with two attached hydrogens (primary N) is 2. The van der Waals surface area contributed by atoms with Gasteiger partial charge in [-0.3, -0.25) is 4.99 Å². The third-order valence-corrected chi connectivity index (χ3v) is 2.01. The average Bonchev–Trinajstić information content (AvgIpc) is 2.47. The van der Waals surface area contributed by atoms with Crippen LogP contribution >= 0.6 is 0 Å². The average molecular weight is 181 g/mol. The first-order valence-corrected chi connectivity index (χ1v) is 4.21. The Morgan fingerprint density at radius 3 is 2.92 bits per heavy atom. The minimum Gasteiger partial charge on any atom is -0.390 e. The van der Waals surface area contributed by atoms with Crippen LogP contribution in [0.15, 0.2) is 11.3 Å². The number of aliphatic imine (C=N–C) groups is 1. The molecule has 0 aliphatic carbocycles. The molecule has 1 unspecified atom stereocenters. The van der Waals surface area contributed by atoms with E-state index in [0.29, 0.717) is 0 Å². The molecule has 4 N–H and O–H groups in total. The third-order valence-electron chi connectivity index (χ3n) is 2.01. The molecule has 0 radical (unpaired) electrons. The normalized spacial score (nSPS) is 13.8. The largest absolute Gasteiger partial charge is 0.390 e. The van der Waals surface area contributed by atoms with Gasteiger partial charge in [-0.2, -0.15) is 0 Å². The quantitative estimate of drug-likeness (QED) is 0.514. The van der Waals surface area contributed by atoms with Crippen LogP contribution < -0.4 is 11.5 Å². The Balaban J connectivity index is 2.95. The number of aryl methyl sites for hydroxylation is 1. The summed E-state index contributed by atoms with van der Waals surface area (Å²) >= 11 is 0. The highest BCUT2D eigenvalue weighted by Gasteiger charge is 2.11. The number of imidazole rings is 1. The molecule has 1 atom stereocenters. The fourth-order valence-electron chi connectivity index (χ4n) is 1.23. The lowest BCUT2D eigenvalue weighted by Crippen LogP contribution is -2.11. The maximum Gasteiger partial charge on any atom is 0.143 e. The molecular weight excluding hydrogens is 166 g/mol. The van der Waals surface area contributed by atoms with Gasteiger partial charge in [0.1, 0.15) is 11.9 Å². The Bertz CT molecular complexity index is 301. The second-order valence-corrected chi connectivity index (χ2v) is 2.74. The van der Waals surface area contributed by atoms with Gasteiger partial charge < -0.3 is 16.0 Å². The summed E-state index contributed by atoms with van der Waals surface area (Å²) < 4.78 is 2.02. The summed E-state index contributed by atoms with van der Waals surface area (Å²) in [5.74, 6) is 0. The summed E-state index contributed by atoms with van der Waals surface area (Å²) in [5, 5.41) is 0. The summed E-state index contributed by atoms with van der Waals surface area (Å²) in [7, 11) is 0. The van der Waals surface area contributed by atoms with E-state index in [1.54, 1.807) is 6.33 Å². The van der Waals surface area contributed by atoms with E-state index in [-0.39, 0.29) is 0 Å². The molecule has 0 amide bonds. The van der Waals surface area contributed by atoms with Gasteiger partial charge in [0.25, 0.3) is 0 Å². The lowest BCUT2D eigenvalue weighted by molar-refractivity contribution is 0.713. The van der Waals surface area contributed by atoms with Gasteiger partial charge in [-0.1, -0.05) is 0 Å². The molecule has 1 aromatic rings. The van der Waals surface area contributed by atoms with Crippen LogP contribution in [0.3, 0.4) is 0 Å². The van der Waals surface area contributed by atoms with Crippen molar-refractivity contribution in [1.29, 1.82) is 0 Å². The predicted molar refractivity (Wildman–Crippen MR) is 52.2 cm³/mol. The fourth-order valence-corrected chi connectivity index (χ4v) is 1.23. The molecule has 1 rings (SSSR count). The number of aromatic nitrogens is 2. The molecule has 0 aliphatic heterocycles. The summed E-state index contributed by atoms with van der Waals surface area (Å²) in [5.41, 5.74) is 12.7. The van der Waals surface area contributed by atoms with Crippen molar-refractivity contribution in [2.75, 3.05) is 0 Å². The lowest BCUT2D eigenvalue weighted by Gasteiger charge is -2.05. The number of hydrogen-bond donors (Lipinski definition) is 2. The van der Waals surface area contributed by atoms with E-state index in [4.69, 9.17) is 11.5 Å². The Morgan fingerprint density at radius 1 is 1.77 bits per heavy atom. The van der Waals surface area contributed by atoms with Gasteiger partial charge in [-0.15, -0.1) is 0 Å². The molecule has 0 spiro atoms. The van der Waals surface area contributed by atoms with E-state index < -0.39 is 6.17 Å². The highest BCUT2D eigenvalue weighted by atomic mass is 15.1. The summed E-state index contributed by atoms with van der Waals surface area (Å²) in [6.45, 7) is 4.91. The highest BCUT2D eigenvalue weighted by Crippen LogP contribution is 2.13. The van der Waals surface area contributed by atoms with Crippen LogP contribution in [0.25, 0.3) is 0 Å². The summed E-state index contributed by atoms with van der Waals surface area (Å²) in [4.78, 5) is 8.03.